The fourth-order valence-electron chi connectivity index (χ4n) is 2.08. The summed E-state index contributed by atoms with van der Waals surface area (Å²) in [4.78, 5) is 7.27. The van der Waals surface area contributed by atoms with Crippen LogP contribution in [0.1, 0.15) is 17.0 Å². The maximum Gasteiger partial charge on any atom is 0.197 e. The van der Waals surface area contributed by atoms with E-state index >= 15 is 0 Å². The highest BCUT2D eigenvalue weighted by molar-refractivity contribution is 5.45. The number of imidazole rings is 1. The van der Waals surface area contributed by atoms with Crippen LogP contribution in [0.25, 0.3) is 0 Å². The second-order valence-corrected chi connectivity index (χ2v) is 4.35. The van der Waals surface area contributed by atoms with Crippen LogP contribution in [-0.4, -0.2) is 23.2 Å². The molecule has 3 rings (SSSR count). The van der Waals surface area contributed by atoms with Crippen LogP contribution < -0.4 is 15.2 Å². The molecule has 0 unspecified atom stereocenters. The maximum absolute atomic E-state index is 5.63. The average molecular weight is 245 g/mol. The molecule has 0 saturated heterocycles. The highest BCUT2D eigenvalue weighted by atomic mass is 16.6. The molecule has 2 heterocycles. The normalized spacial score (nSPS) is 13.6. The van der Waals surface area contributed by atoms with Crippen LogP contribution in [-0.2, 0) is 6.42 Å². The average Bonchev–Trinajstić information content (AvgIpc) is 2.68. The minimum Gasteiger partial charge on any atom is -0.486 e. The number of nitrogens with one attached hydrogen (secondary N) is 1. The standard InChI is InChI=1S/C13H15N3O2/c1-8-10(16-13(14)15-8)6-9-2-3-11-12(7-9)18-5-4-17-11/h2-3,7H,4-6H2,1H3,(H3,14,15,16). The minimum atomic E-state index is 0.458. The molecule has 2 aromatic rings. The molecule has 0 saturated carbocycles. The van der Waals surface area contributed by atoms with E-state index in [0.717, 1.165) is 34.9 Å². The van der Waals surface area contributed by atoms with Gasteiger partial charge in [-0.1, -0.05) is 6.07 Å². The molecule has 1 aliphatic rings. The summed E-state index contributed by atoms with van der Waals surface area (Å²) >= 11 is 0. The topological polar surface area (TPSA) is 73.2 Å². The number of nitrogens with two attached hydrogens (primary N) is 1. The van der Waals surface area contributed by atoms with Crippen molar-refractivity contribution in [2.24, 2.45) is 0 Å². The molecule has 0 aliphatic carbocycles. The first-order chi connectivity index (χ1) is 8.72. The lowest BCUT2D eigenvalue weighted by atomic mass is 10.1. The molecule has 0 radical (unpaired) electrons. The summed E-state index contributed by atoms with van der Waals surface area (Å²) in [7, 11) is 0. The predicted molar refractivity (Wildman–Crippen MR) is 68.0 cm³/mol. The van der Waals surface area contributed by atoms with E-state index in [1.165, 1.54) is 0 Å². The van der Waals surface area contributed by atoms with Gasteiger partial charge in [-0.2, -0.15) is 0 Å². The van der Waals surface area contributed by atoms with E-state index < -0.39 is 0 Å². The lowest BCUT2D eigenvalue weighted by Gasteiger charge is -2.18. The van der Waals surface area contributed by atoms with Crippen molar-refractivity contribution in [1.29, 1.82) is 0 Å². The van der Waals surface area contributed by atoms with E-state index in [1.807, 2.05) is 25.1 Å². The van der Waals surface area contributed by atoms with Gasteiger partial charge in [0.15, 0.2) is 17.4 Å². The third kappa shape index (κ3) is 1.99. The highest BCUT2D eigenvalue weighted by Gasteiger charge is 2.13. The molecule has 0 fully saturated rings. The lowest BCUT2D eigenvalue weighted by Crippen LogP contribution is -2.15. The third-order valence-electron chi connectivity index (χ3n) is 2.98. The van der Waals surface area contributed by atoms with Gasteiger partial charge in [-0.3, -0.25) is 0 Å². The minimum absolute atomic E-state index is 0.458. The van der Waals surface area contributed by atoms with Gasteiger partial charge in [-0.05, 0) is 24.6 Å². The second kappa shape index (κ2) is 4.25. The zero-order valence-electron chi connectivity index (χ0n) is 10.2. The Hall–Kier alpha value is -2.17. The highest BCUT2D eigenvalue weighted by Crippen LogP contribution is 2.31. The SMILES string of the molecule is Cc1[nH]c(N)nc1Cc1ccc2c(c1)OCCO2. The first kappa shape index (κ1) is 11.0. The number of nitrogens with zero attached hydrogens (tertiary/aromatic N) is 1. The Kier molecular flexibility index (Phi) is 2.59. The summed E-state index contributed by atoms with van der Waals surface area (Å²) in [5, 5.41) is 0. The summed E-state index contributed by atoms with van der Waals surface area (Å²) in [6, 6.07) is 5.96. The Morgan fingerprint density at radius 3 is 2.78 bits per heavy atom. The van der Waals surface area contributed by atoms with Crippen LogP contribution in [0.3, 0.4) is 0 Å². The van der Waals surface area contributed by atoms with Crippen LogP contribution in [0.2, 0.25) is 0 Å². The third-order valence-corrected chi connectivity index (χ3v) is 2.98. The summed E-state index contributed by atoms with van der Waals surface area (Å²) in [5.41, 5.74) is 8.73. The quantitative estimate of drug-likeness (QED) is 0.844. The van der Waals surface area contributed by atoms with Crippen molar-refractivity contribution in [3.05, 3.63) is 35.2 Å². The van der Waals surface area contributed by atoms with Gasteiger partial charge in [0, 0.05) is 12.1 Å². The Balaban J connectivity index is 1.87. The van der Waals surface area contributed by atoms with Crippen LogP contribution in [0.5, 0.6) is 11.5 Å². The molecule has 0 amide bonds. The summed E-state index contributed by atoms with van der Waals surface area (Å²) in [6.07, 6.45) is 0.732. The van der Waals surface area contributed by atoms with E-state index in [-0.39, 0.29) is 0 Å². The molecule has 0 bridgehead atoms. The van der Waals surface area contributed by atoms with Gasteiger partial charge >= 0.3 is 0 Å². The molecular formula is C13H15N3O2. The summed E-state index contributed by atoms with van der Waals surface area (Å²) in [5.74, 6) is 2.07. The number of rotatable bonds is 2. The number of anilines is 1. The number of benzene rings is 1. The van der Waals surface area contributed by atoms with Gasteiger partial charge in [-0.15, -0.1) is 0 Å². The van der Waals surface area contributed by atoms with Gasteiger partial charge < -0.3 is 20.2 Å². The summed E-state index contributed by atoms with van der Waals surface area (Å²) < 4.78 is 11.0. The van der Waals surface area contributed by atoms with E-state index in [0.29, 0.717) is 19.2 Å². The largest absolute Gasteiger partial charge is 0.486 e. The van der Waals surface area contributed by atoms with Crippen LogP contribution >= 0.6 is 0 Å². The zero-order valence-corrected chi connectivity index (χ0v) is 10.2. The summed E-state index contributed by atoms with van der Waals surface area (Å²) in [6.45, 7) is 3.18. The zero-order chi connectivity index (χ0) is 12.5. The van der Waals surface area contributed by atoms with Crippen LogP contribution in [0.4, 0.5) is 5.95 Å². The number of hydrogen-bond acceptors (Lipinski definition) is 4. The Morgan fingerprint density at radius 1 is 1.28 bits per heavy atom. The molecule has 18 heavy (non-hydrogen) atoms. The Morgan fingerprint density at radius 2 is 2.06 bits per heavy atom. The van der Waals surface area contributed by atoms with Crippen molar-refractivity contribution in [3.8, 4) is 11.5 Å². The number of H-pyrrole nitrogens is 1. The van der Waals surface area contributed by atoms with Crippen molar-refractivity contribution in [2.75, 3.05) is 18.9 Å². The number of hydrogen-bond donors (Lipinski definition) is 2. The molecule has 1 aromatic heterocycles. The van der Waals surface area contributed by atoms with Gasteiger partial charge in [0.1, 0.15) is 13.2 Å². The van der Waals surface area contributed by atoms with Crippen molar-refractivity contribution >= 4 is 5.95 Å². The van der Waals surface area contributed by atoms with Crippen molar-refractivity contribution in [2.45, 2.75) is 13.3 Å². The first-order valence-corrected chi connectivity index (χ1v) is 5.92. The number of aromatic amines is 1. The molecule has 1 aliphatic heterocycles. The van der Waals surface area contributed by atoms with Crippen LogP contribution in [0, 0.1) is 6.92 Å². The maximum atomic E-state index is 5.63. The molecular weight excluding hydrogens is 230 g/mol. The lowest BCUT2D eigenvalue weighted by molar-refractivity contribution is 0.171. The van der Waals surface area contributed by atoms with Crippen molar-refractivity contribution in [1.82, 2.24) is 9.97 Å². The number of fused-ring (bicyclic) bond motifs is 1. The predicted octanol–water partition coefficient (Wildman–Crippen LogP) is 1.66. The van der Waals surface area contributed by atoms with Crippen molar-refractivity contribution < 1.29 is 9.47 Å². The monoisotopic (exact) mass is 245 g/mol. The molecule has 94 valence electrons. The van der Waals surface area contributed by atoms with E-state index in [4.69, 9.17) is 15.2 Å². The number of aryl methyl sites for hydroxylation is 1. The smallest absolute Gasteiger partial charge is 0.197 e. The molecule has 0 atom stereocenters. The fourth-order valence-corrected chi connectivity index (χ4v) is 2.08. The number of nitrogen functional groups attached to an aromatic ring is 1. The van der Waals surface area contributed by atoms with Gasteiger partial charge in [0.05, 0.1) is 5.69 Å². The molecule has 1 aromatic carbocycles. The van der Waals surface area contributed by atoms with Gasteiger partial charge in [0.2, 0.25) is 0 Å². The fraction of sp³-hybridized carbons (Fsp3) is 0.308. The van der Waals surface area contributed by atoms with Crippen LogP contribution in [0.15, 0.2) is 18.2 Å². The molecule has 0 spiro atoms. The van der Waals surface area contributed by atoms with Gasteiger partial charge in [0.25, 0.3) is 0 Å². The van der Waals surface area contributed by atoms with E-state index in [9.17, 15) is 0 Å². The van der Waals surface area contributed by atoms with Crippen molar-refractivity contribution in [3.63, 3.8) is 0 Å². The molecule has 5 heteroatoms. The number of aromatic nitrogens is 2. The molecule has 3 N–H and O–H groups in total. The Bertz CT molecular complexity index is 578. The van der Waals surface area contributed by atoms with E-state index in [2.05, 4.69) is 9.97 Å². The Labute approximate surface area is 105 Å². The molecule has 5 nitrogen and oxygen atoms in total. The number of ether oxygens (including phenoxy) is 2. The van der Waals surface area contributed by atoms with Gasteiger partial charge in [-0.25, -0.2) is 4.98 Å². The van der Waals surface area contributed by atoms with E-state index in [1.54, 1.807) is 0 Å². The first-order valence-electron chi connectivity index (χ1n) is 5.92. The second-order valence-electron chi connectivity index (χ2n) is 4.35.